The van der Waals surface area contributed by atoms with Gasteiger partial charge in [-0.2, -0.15) is 0 Å². The van der Waals surface area contributed by atoms with Gasteiger partial charge in [0.25, 0.3) is 0 Å². The van der Waals surface area contributed by atoms with Gasteiger partial charge in [0.05, 0.1) is 5.70 Å². The van der Waals surface area contributed by atoms with E-state index in [0.29, 0.717) is 5.03 Å². The van der Waals surface area contributed by atoms with Crippen LogP contribution in [-0.2, 0) is 0 Å². The zero-order valence-corrected chi connectivity index (χ0v) is 13.2. The lowest BCUT2D eigenvalue weighted by atomic mass is 10.2. The Morgan fingerprint density at radius 2 is 2.10 bits per heavy atom. The molecule has 0 saturated heterocycles. The van der Waals surface area contributed by atoms with Crippen molar-refractivity contribution in [2.75, 3.05) is 0 Å². The molecular formula is C19H20ClN. The third kappa shape index (κ3) is 7.91. The molecule has 0 radical (unpaired) electrons. The quantitative estimate of drug-likeness (QED) is 0.447. The van der Waals surface area contributed by atoms with Gasteiger partial charge >= 0.3 is 0 Å². The third-order valence-electron chi connectivity index (χ3n) is 2.54. The van der Waals surface area contributed by atoms with Crippen LogP contribution in [0, 0.1) is 0 Å². The van der Waals surface area contributed by atoms with Gasteiger partial charge in [0, 0.05) is 11.2 Å². The van der Waals surface area contributed by atoms with E-state index < -0.39 is 0 Å². The van der Waals surface area contributed by atoms with Gasteiger partial charge in [-0.25, -0.2) is 0 Å². The van der Waals surface area contributed by atoms with E-state index in [2.05, 4.69) is 11.6 Å². The van der Waals surface area contributed by atoms with E-state index >= 15 is 0 Å². The molecular weight excluding hydrogens is 278 g/mol. The normalized spacial score (nSPS) is 24.9. The molecule has 0 N–H and O–H groups in total. The van der Waals surface area contributed by atoms with Crippen molar-refractivity contribution in [2.45, 2.75) is 13.8 Å². The van der Waals surface area contributed by atoms with Gasteiger partial charge in [-0.15, -0.1) is 0 Å². The molecule has 0 aliphatic heterocycles. The van der Waals surface area contributed by atoms with E-state index in [9.17, 15) is 0 Å². The molecule has 1 aliphatic carbocycles. The lowest BCUT2D eigenvalue weighted by Crippen LogP contribution is -1.79. The maximum atomic E-state index is 6.13. The highest BCUT2D eigenvalue weighted by Gasteiger charge is 1.91. The summed E-state index contributed by atoms with van der Waals surface area (Å²) in [6, 6.07) is 0. The smallest absolute Gasteiger partial charge is 0.0632 e. The molecule has 0 aromatic rings. The highest BCUT2D eigenvalue weighted by Crippen LogP contribution is 2.10. The molecule has 0 spiro atoms. The molecule has 2 heteroatoms. The molecule has 108 valence electrons. The fraction of sp³-hybridized carbons (Fsp3) is 0.105. The molecule has 0 unspecified atom stereocenters. The van der Waals surface area contributed by atoms with Crippen LogP contribution in [0.25, 0.3) is 0 Å². The summed E-state index contributed by atoms with van der Waals surface area (Å²) >= 11 is 6.13. The van der Waals surface area contributed by atoms with Gasteiger partial charge in [0.1, 0.15) is 0 Å². The van der Waals surface area contributed by atoms with Crippen molar-refractivity contribution in [1.82, 2.24) is 0 Å². The second-order valence-corrected chi connectivity index (χ2v) is 4.97. The van der Waals surface area contributed by atoms with Crippen molar-refractivity contribution < 1.29 is 0 Å². The zero-order chi connectivity index (χ0) is 15.5. The first-order chi connectivity index (χ1) is 10.1. The first kappa shape index (κ1) is 16.9. The predicted octanol–water partition coefficient (Wildman–Crippen LogP) is 5.82. The largest absolute Gasteiger partial charge is 0.257 e. The molecule has 21 heavy (non-hydrogen) atoms. The van der Waals surface area contributed by atoms with Crippen LogP contribution < -0.4 is 0 Å². The van der Waals surface area contributed by atoms with Crippen LogP contribution in [0.5, 0.6) is 0 Å². The first-order valence-electron chi connectivity index (χ1n) is 6.72. The second-order valence-electron chi connectivity index (χ2n) is 4.54. The van der Waals surface area contributed by atoms with Gasteiger partial charge in [-0.05, 0) is 49.3 Å². The first-order valence-corrected chi connectivity index (χ1v) is 7.10. The Labute approximate surface area is 132 Å². The molecule has 0 heterocycles. The van der Waals surface area contributed by atoms with Crippen LogP contribution >= 0.6 is 11.6 Å². The molecule has 0 saturated carbocycles. The summed E-state index contributed by atoms with van der Waals surface area (Å²) in [5, 5.41) is 0.632. The Morgan fingerprint density at radius 3 is 2.86 bits per heavy atom. The summed E-state index contributed by atoms with van der Waals surface area (Å²) < 4.78 is 0. The number of hydrogen-bond donors (Lipinski definition) is 0. The van der Waals surface area contributed by atoms with Crippen LogP contribution in [0.4, 0.5) is 0 Å². The molecule has 1 rings (SSSR count). The Hall–Kier alpha value is -2.12. The fourth-order valence-electron chi connectivity index (χ4n) is 1.56. The Balaban J connectivity index is 2.76. The number of hydrogen-bond acceptors (Lipinski definition) is 1. The lowest BCUT2D eigenvalue weighted by molar-refractivity contribution is 1.37. The Kier molecular flexibility index (Phi) is 7.85. The van der Waals surface area contributed by atoms with Gasteiger partial charge < -0.3 is 0 Å². The SMILES string of the molecule is C=C\C=C\C(C)=C\C(Cl)=C/C=N/C1=C/C(C)=C/C=C/C=C\1. The van der Waals surface area contributed by atoms with E-state index in [1.165, 1.54) is 0 Å². The number of halogens is 1. The summed E-state index contributed by atoms with van der Waals surface area (Å²) in [6.07, 6.45) is 22.9. The predicted molar refractivity (Wildman–Crippen MR) is 95.6 cm³/mol. The average molecular weight is 298 g/mol. The summed E-state index contributed by atoms with van der Waals surface area (Å²) in [7, 11) is 0. The molecule has 0 aromatic heterocycles. The fourth-order valence-corrected chi connectivity index (χ4v) is 1.79. The van der Waals surface area contributed by atoms with E-state index in [4.69, 9.17) is 11.6 Å². The van der Waals surface area contributed by atoms with Crippen LogP contribution in [0.1, 0.15) is 13.8 Å². The van der Waals surface area contributed by atoms with Crippen molar-refractivity contribution in [2.24, 2.45) is 4.99 Å². The number of aliphatic imine (C=N–C) groups is 1. The van der Waals surface area contributed by atoms with Crippen LogP contribution in [0.2, 0.25) is 0 Å². The van der Waals surface area contributed by atoms with E-state index in [1.54, 1.807) is 18.4 Å². The number of allylic oxidation sites excluding steroid dienone is 14. The minimum absolute atomic E-state index is 0.632. The Morgan fingerprint density at radius 1 is 1.29 bits per heavy atom. The standard InChI is InChI=1S/C19H20ClN/c1-4-5-9-16(2)14-18(20)12-13-21-19-11-8-6-7-10-17(3)15-19/h4-15H,1H2,2-3H3/b7-6+,8-6?,9-5+,10-7?,11-8-,16-14+,17-10+,17-15?,18-12+,19-11?,19-15+,21-13+. The van der Waals surface area contributed by atoms with Gasteiger partial charge in [-0.3, -0.25) is 4.99 Å². The summed E-state index contributed by atoms with van der Waals surface area (Å²) in [6.45, 7) is 7.65. The average Bonchev–Trinajstić information content (AvgIpc) is 2.41. The van der Waals surface area contributed by atoms with E-state index in [-0.39, 0.29) is 0 Å². The number of nitrogens with zero attached hydrogens (tertiary/aromatic N) is 1. The molecule has 0 amide bonds. The molecule has 0 atom stereocenters. The van der Waals surface area contributed by atoms with Crippen LogP contribution in [-0.4, -0.2) is 6.21 Å². The van der Waals surface area contributed by atoms with Crippen molar-refractivity contribution >= 4 is 17.8 Å². The summed E-state index contributed by atoms with van der Waals surface area (Å²) in [5.74, 6) is 0. The highest BCUT2D eigenvalue weighted by atomic mass is 35.5. The third-order valence-corrected chi connectivity index (χ3v) is 2.78. The Bertz CT molecular complexity index is 605. The van der Waals surface area contributed by atoms with Gasteiger partial charge in [-0.1, -0.05) is 60.7 Å². The molecule has 0 fully saturated rings. The van der Waals surface area contributed by atoms with E-state index in [0.717, 1.165) is 16.8 Å². The molecule has 0 bridgehead atoms. The summed E-state index contributed by atoms with van der Waals surface area (Å²) in [5.41, 5.74) is 3.10. The van der Waals surface area contributed by atoms with Crippen molar-refractivity contribution in [3.8, 4) is 0 Å². The van der Waals surface area contributed by atoms with Crippen LogP contribution in [0.3, 0.4) is 0 Å². The van der Waals surface area contributed by atoms with E-state index in [1.807, 2.05) is 68.5 Å². The minimum atomic E-state index is 0.632. The second kappa shape index (κ2) is 9.73. The van der Waals surface area contributed by atoms with Crippen molar-refractivity contribution in [3.63, 3.8) is 0 Å². The van der Waals surface area contributed by atoms with Crippen molar-refractivity contribution in [1.29, 1.82) is 0 Å². The minimum Gasteiger partial charge on any atom is -0.257 e. The van der Waals surface area contributed by atoms with Gasteiger partial charge in [0.15, 0.2) is 0 Å². The molecule has 1 aliphatic rings. The molecule has 1 nitrogen and oxygen atoms in total. The number of rotatable bonds is 5. The van der Waals surface area contributed by atoms with Crippen molar-refractivity contribution in [3.05, 3.63) is 95.3 Å². The zero-order valence-electron chi connectivity index (χ0n) is 12.5. The highest BCUT2D eigenvalue weighted by molar-refractivity contribution is 6.32. The monoisotopic (exact) mass is 297 g/mol. The topological polar surface area (TPSA) is 12.4 Å². The maximum absolute atomic E-state index is 6.13. The van der Waals surface area contributed by atoms with Gasteiger partial charge in [0.2, 0.25) is 0 Å². The molecule has 0 aromatic carbocycles. The maximum Gasteiger partial charge on any atom is 0.0632 e. The van der Waals surface area contributed by atoms with Crippen LogP contribution in [0.15, 0.2) is 100 Å². The lowest BCUT2D eigenvalue weighted by Gasteiger charge is -1.97. The summed E-state index contributed by atoms with van der Waals surface area (Å²) in [4.78, 5) is 4.39.